The summed E-state index contributed by atoms with van der Waals surface area (Å²) in [5.74, 6) is 1.91. The maximum atomic E-state index is 11.9. The van der Waals surface area contributed by atoms with Gasteiger partial charge in [0.05, 0.1) is 12.7 Å². The zero-order valence-corrected chi connectivity index (χ0v) is 16.2. The lowest BCUT2D eigenvalue weighted by molar-refractivity contribution is -0.0781. The van der Waals surface area contributed by atoms with Gasteiger partial charge in [0.15, 0.2) is 0 Å². The molecule has 4 aliphatic rings. The van der Waals surface area contributed by atoms with E-state index in [1.54, 1.807) is 0 Å². The van der Waals surface area contributed by atoms with E-state index in [-0.39, 0.29) is 16.9 Å². The van der Waals surface area contributed by atoms with Gasteiger partial charge >= 0.3 is 6.16 Å². The average molecular weight is 360 g/mol. The molecule has 7 atom stereocenters. The van der Waals surface area contributed by atoms with E-state index in [4.69, 9.17) is 9.47 Å². The third-order valence-corrected chi connectivity index (χ3v) is 8.07. The zero-order chi connectivity index (χ0) is 18.5. The van der Waals surface area contributed by atoms with E-state index in [0.29, 0.717) is 24.4 Å². The van der Waals surface area contributed by atoms with Gasteiger partial charge in [-0.2, -0.15) is 0 Å². The molecule has 0 aromatic rings. The van der Waals surface area contributed by atoms with Crippen molar-refractivity contribution in [3.8, 4) is 0 Å². The molecule has 0 heterocycles. The predicted molar refractivity (Wildman–Crippen MR) is 99.5 cm³/mol. The normalized spacial score (nSPS) is 46.6. The molecule has 4 heteroatoms. The molecule has 3 saturated carbocycles. The Kier molecular flexibility index (Phi) is 4.45. The molecule has 0 aromatic carbocycles. The Morgan fingerprint density at radius 2 is 2.04 bits per heavy atom. The second-order valence-electron chi connectivity index (χ2n) is 9.15. The second kappa shape index (κ2) is 6.40. The van der Waals surface area contributed by atoms with E-state index in [9.17, 15) is 9.90 Å². The largest absolute Gasteiger partial charge is 0.508 e. The van der Waals surface area contributed by atoms with Gasteiger partial charge in [0.1, 0.15) is 6.10 Å². The molecule has 0 amide bonds. The lowest BCUT2D eigenvalue weighted by Crippen LogP contribution is -2.51. The Morgan fingerprint density at radius 3 is 2.81 bits per heavy atom. The summed E-state index contributed by atoms with van der Waals surface area (Å²) < 4.78 is 10.8. The molecule has 3 fully saturated rings. The van der Waals surface area contributed by atoms with Crippen molar-refractivity contribution in [2.45, 2.75) is 71.5 Å². The number of hydrogen-bond donors (Lipinski definition) is 1. The highest BCUT2D eigenvalue weighted by Gasteiger charge is 2.59. The van der Waals surface area contributed by atoms with Gasteiger partial charge in [0.2, 0.25) is 0 Å². The SMILES string of the molecule is CCOC(=O)O[C@H]1CC[C@H]2[C@@H]3CCC4=C[C@H](O)C=C[C@]4(C)[C@H]3CC[C@]12C. The van der Waals surface area contributed by atoms with Crippen molar-refractivity contribution in [1.29, 1.82) is 0 Å². The highest BCUT2D eigenvalue weighted by Crippen LogP contribution is 2.65. The number of carbonyl (C=O) groups excluding carboxylic acids is 1. The van der Waals surface area contributed by atoms with Gasteiger partial charge < -0.3 is 14.6 Å². The van der Waals surface area contributed by atoms with Crippen LogP contribution < -0.4 is 0 Å². The Bertz CT molecular complexity index is 638. The number of hydrogen-bond acceptors (Lipinski definition) is 4. The van der Waals surface area contributed by atoms with Crippen LogP contribution in [0.2, 0.25) is 0 Å². The number of rotatable bonds is 2. The van der Waals surface area contributed by atoms with Crippen LogP contribution in [0.4, 0.5) is 4.79 Å². The summed E-state index contributed by atoms with van der Waals surface area (Å²) in [6.45, 7) is 6.87. The van der Waals surface area contributed by atoms with Crippen LogP contribution in [-0.4, -0.2) is 30.1 Å². The Balaban J connectivity index is 1.55. The summed E-state index contributed by atoms with van der Waals surface area (Å²) in [5, 5.41) is 9.99. The van der Waals surface area contributed by atoms with E-state index in [1.165, 1.54) is 12.0 Å². The first kappa shape index (κ1) is 18.1. The van der Waals surface area contributed by atoms with Crippen molar-refractivity contribution >= 4 is 6.16 Å². The summed E-state index contributed by atoms with van der Waals surface area (Å²) in [6.07, 6.45) is 12.0. The lowest BCUT2D eigenvalue weighted by atomic mass is 9.48. The van der Waals surface area contributed by atoms with Crippen LogP contribution in [0.1, 0.15) is 59.3 Å². The smallest absolute Gasteiger partial charge is 0.435 e. The zero-order valence-electron chi connectivity index (χ0n) is 16.2. The molecule has 4 rings (SSSR count). The van der Waals surface area contributed by atoms with Crippen molar-refractivity contribution in [3.05, 3.63) is 23.8 Å². The Morgan fingerprint density at radius 1 is 1.23 bits per heavy atom. The van der Waals surface area contributed by atoms with E-state index in [0.717, 1.165) is 32.1 Å². The topological polar surface area (TPSA) is 55.8 Å². The third-order valence-electron chi connectivity index (χ3n) is 8.07. The molecule has 0 saturated heterocycles. The molecule has 4 nitrogen and oxygen atoms in total. The quantitative estimate of drug-likeness (QED) is 0.576. The third kappa shape index (κ3) is 2.64. The highest BCUT2D eigenvalue weighted by molar-refractivity contribution is 5.60. The summed E-state index contributed by atoms with van der Waals surface area (Å²) in [5.41, 5.74) is 1.59. The minimum absolute atomic E-state index is 0.0130. The number of carbonyl (C=O) groups is 1. The number of fused-ring (bicyclic) bond motifs is 5. The van der Waals surface area contributed by atoms with Gasteiger partial charge in [-0.3, -0.25) is 0 Å². The minimum Gasteiger partial charge on any atom is -0.435 e. The summed E-state index contributed by atoms with van der Waals surface area (Å²) in [7, 11) is 0. The fraction of sp³-hybridized carbons (Fsp3) is 0.773. The fourth-order valence-corrected chi connectivity index (χ4v) is 6.73. The van der Waals surface area contributed by atoms with Crippen molar-refractivity contribution in [1.82, 2.24) is 0 Å². The van der Waals surface area contributed by atoms with Gasteiger partial charge in [-0.15, -0.1) is 0 Å². The maximum Gasteiger partial charge on any atom is 0.508 e. The number of allylic oxidation sites excluding steroid dienone is 2. The monoisotopic (exact) mass is 360 g/mol. The number of aliphatic hydroxyl groups is 1. The van der Waals surface area contributed by atoms with Crippen LogP contribution in [0.3, 0.4) is 0 Å². The minimum atomic E-state index is -0.508. The fourth-order valence-electron chi connectivity index (χ4n) is 6.73. The second-order valence-corrected chi connectivity index (χ2v) is 9.15. The Labute approximate surface area is 156 Å². The molecule has 144 valence electrons. The van der Waals surface area contributed by atoms with Gasteiger partial charge in [0, 0.05) is 10.8 Å². The van der Waals surface area contributed by atoms with Gasteiger partial charge in [-0.05, 0) is 63.2 Å². The molecule has 0 unspecified atom stereocenters. The van der Waals surface area contributed by atoms with Gasteiger partial charge in [0.25, 0.3) is 0 Å². The van der Waals surface area contributed by atoms with Crippen molar-refractivity contribution in [2.24, 2.45) is 28.6 Å². The van der Waals surface area contributed by atoms with Crippen molar-refractivity contribution in [2.75, 3.05) is 6.61 Å². The standard InChI is InChI=1S/C22H32O4/c1-4-25-20(24)26-19-8-7-17-16-6-5-14-13-15(23)9-11-21(14,2)18(16)10-12-22(17,19)3/h9,11,13,15-19,23H,4-8,10,12H2,1-3H3/t15-,16+,17+,18+,19+,21+,22+/m1/s1. The molecular formula is C22H32O4. The first-order valence-electron chi connectivity index (χ1n) is 10.3. The number of aliphatic hydroxyl groups excluding tert-OH is 1. The van der Waals surface area contributed by atoms with Gasteiger partial charge in [-0.25, -0.2) is 4.79 Å². The molecule has 4 aliphatic carbocycles. The molecular weight excluding hydrogens is 328 g/mol. The summed E-state index contributed by atoms with van der Waals surface area (Å²) >= 11 is 0. The molecule has 1 N–H and O–H groups in total. The number of ether oxygens (including phenoxy) is 2. The van der Waals surface area contributed by atoms with Gasteiger partial charge in [-0.1, -0.05) is 37.6 Å². The lowest BCUT2D eigenvalue weighted by Gasteiger charge is -2.56. The van der Waals surface area contributed by atoms with Crippen molar-refractivity contribution in [3.63, 3.8) is 0 Å². The molecule has 0 bridgehead atoms. The van der Waals surface area contributed by atoms with Crippen LogP contribution in [0.25, 0.3) is 0 Å². The first-order valence-corrected chi connectivity index (χ1v) is 10.3. The summed E-state index contributed by atoms with van der Waals surface area (Å²) in [4.78, 5) is 11.9. The molecule has 0 spiro atoms. The van der Waals surface area contributed by atoms with Crippen LogP contribution in [-0.2, 0) is 9.47 Å². The van der Waals surface area contributed by atoms with E-state index >= 15 is 0 Å². The molecule has 0 radical (unpaired) electrons. The summed E-state index contributed by atoms with van der Waals surface area (Å²) in [6, 6.07) is 0. The predicted octanol–water partition coefficient (Wildman–Crippen LogP) is 4.63. The molecule has 0 aliphatic heterocycles. The van der Waals surface area contributed by atoms with E-state index in [1.807, 2.05) is 13.0 Å². The maximum absolute atomic E-state index is 11.9. The van der Waals surface area contributed by atoms with Crippen LogP contribution >= 0.6 is 0 Å². The van der Waals surface area contributed by atoms with E-state index in [2.05, 4.69) is 26.0 Å². The molecule has 26 heavy (non-hydrogen) atoms. The van der Waals surface area contributed by atoms with Crippen LogP contribution in [0.5, 0.6) is 0 Å². The first-order chi connectivity index (χ1) is 12.4. The average Bonchev–Trinajstić information content (AvgIpc) is 2.92. The Hall–Kier alpha value is -1.29. The van der Waals surface area contributed by atoms with E-state index < -0.39 is 12.3 Å². The van der Waals surface area contributed by atoms with Crippen LogP contribution in [0, 0.1) is 28.6 Å². The highest BCUT2D eigenvalue weighted by atomic mass is 16.7. The molecule has 0 aromatic heterocycles. The van der Waals surface area contributed by atoms with Crippen molar-refractivity contribution < 1.29 is 19.4 Å². The van der Waals surface area contributed by atoms with Crippen LogP contribution in [0.15, 0.2) is 23.8 Å².